The van der Waals surface area contributed by atoms with Crippen LogP contribution in [-0.2, 0) is 17.6 Å². The molecule has 1 aromatic carbocycles. The second-order valence-corrected chi connectivity index (χ2v) is 5.02. The molecular formula is C14H16NO2+. The summed E-state index contributed by atoms with van der Waals surface area (Å²) in [5.74, 6) is -0.496. The Morgan fingerprint density at radius 3 is 2.82 bits per heavy atom. The monoisotopic (exact) mass is 230 g/mol. The highest BCUT2D eigenvalue weighted by atomic mass is 16.4. The number of carboxylic acids is 1. The minimum absolute atomic E-state index is 0.228. The summed E-state index contributed by atoms with van der Waals surface area (Å²) in [4.78, 5) is 14.4. The molecule has 0 saturated heterocycles. The molecule has 3 heteroatoms. The molecule has 2 N–H and O–H groups in total. The summed E-state index contributed by atoms with van der Waals surface area (Å²) >= 11 is 0. The molecule has 0 amide bonds. The van der Waals surface area contributed by atoms with Crippen molar-refractivity contribution in [3.05, 3.63) is 35.4 Å². The van der Waals surface area contributed by atoms with Gasteiger partial charge in [0.05, 0.1) is 6.42 Å². The zero-order chi connectivity index (χ0) is 11.8. The molecule has 1 heterocycles. The maximum absolute atomic E-state index is 11.0. The molecule has 0 saturated carbocycles. The molecular weight excluding hydrogens is 214 g/mol. The van der Waals surface area contributed by atoms with Crippen molar-refractivity contribution in [2.45, 2.75) is 19.3 Å². The molecule has 3 rings (SSSR count). The average Bonchev–Trinajstić information content (AvgIpc) is 2.35. The molecule has 17 heavy (non-hydrogen) atoms. The Bertz CT molecular complexity index is 493. The van der Waals surface area contributed by atoms with Gasteiger partial charge in [-0.15, -0.1) is 0 Å². The van der Waals surface area contributed by atoms with Gasteiger partial charge in [0.25, 0.3) is 0 Å². The molecule has 0 radical (unpaired) electrons. The zero-order valence-electron chi connectivity index (χ0n) is 9.65. The lowest BCUT2D eigenvalue weighted by Gasteiger charge is -2.27. The van der Waals surface area contributed by atoms with E-state index < -0.39 is 5.97 Å². The number of nitrogens with one attached hydrogen (secondary N) is 1. The van der Waals surface area contributed by atoms with E-state index in [0.29, 0.717) is 12.5 Å². The first-order valence-electron chi connectivity index (χ1n) is 6.13. The van der Waals surface area contributed by atoms with Gasteiger partial charge in [0, 0.05) is 5.92 Å². The Labute approximate surface area is 100 Å². The average molecular weight is 230 g/mol. The SMILES string of the molecule is O=C(O)C1C[NH+]=C2Cc3ccccc3CC2C1. The van der Waals surface area contributed by atoms with Crippen molar-refractivity contribution in [2.75, 3.05) is 6.54 Å². The van der Waals surface area contributed by atoms with Crippen LogP contribution in [0.1, 0.15) is 17.5 Å². The number of hydrogen-bond acceptors (Lipinski definition) is 1. The summed E-state index contributed by atoms with van der Waals surface area (Å²) in [6, 6.07) is 8.47. The van der Waals surface area contributed by atoms with Crippen LogP contribution in [0.5, 0.6) is 0 Å². The van der Waals surface area contributed by atoms with E-state index in [4.69, 9.17) is 5.11 Å². The van der Waals surface area contributed by atoms with Crippen molar-refractivity contribution in [2.24, 2.45) is 11.8 Å². The molecule has 0 spiro atoms. The minimum Gasteiger partial charge on any atom is -0.481 e. The highest BCUT2D eigenvalue weighted by Gasteiger charge is 2.37. The number of benzene rings is 1. The van der Waals surface area contributed by atoms with Crippen molar-refractivity contribution in [1.82, 2.24) is 0 Å². The molecule has 0 bridgehead atoms. The van der Waals surface area contributed by atoms with Gasteiger partial charge in [-0.05, 0) is 24.0 Å². The number of rotatable bonds is 1. The van der Waals surface area contributed by atoms with Crippen LogP contribution >= 0.6 is 0 Å². The fourth-order valence-corrected chi connectivity index (χ4v) is 2.97. The van der Waals surface area contributed by atoms with Gasteiger partial charge in [0.2, 0.25) is 0 Å². The van der Waals surface area contributed by atoms with Gasteiger partial charge in [-0.2, -0.15) is 0 Å². The molecule has 3 nitrogen and oxygen atoms in total. The van der Waals surface area contributed by atoms with E-state index in [9.17, 15) is 4.79 Å². The van der Waals surface area contributed by atoms with Gasteiger partial charge in [-0.25, -0.2) is 4.99 Å². The summed E-state index contributed by atoms with van der Waals surface area (Å²) in [5.41, 5.74) is 4.11. The van der Waals surface area contributed by atoms with E-state index in [2.05, 4.69) is 29.3 Å². The van der Waals surface area contributed by atoms with Gasteiger partial charge in [-0.1, -0.05) is 24.3 Å². The van der Waals surface area contributed by atoms with Crippen molar-refractivity contribution in [3.8, 4) is 0 Å². The lowest BCUT2D eigenvalue weighted by molar-refractivity contribution is -0.474. The first-order chi connectivity index (χ1) is 8.24. The highest BCUT2D eigenvalue weighted by molar-refractivity contribution is 5.87. The van der Waals surface area contributed by atoms with Crippen LogP contribution < -0.4 is 4.99 Å². The third kappa shape index (κ3) is 1.86. The van der Waals surface area contributed by atoms with Gasteiger partial charge in [0.1, 0.15) is 5.92 Å². The van der Waals surface area contributed by atoms with E-state index in [-0.39, 0.29) is 5.92 Å². The summed E-state index contributed by atoms with van der Waals surface area (Å²) < 4.78 is 0. The van der Waals surface area contributed by atoms with Crippen LogP contribution in [-0.4, -0.2) is 23.3 Å². The van der Waals surface area contributed by atoms with Crippen LogP contribution in [0.3, 0.4) is 0 Å². The van der Waals surface area contributed by atoms with Crippen LogP contribution in [0, 0.1) is 11.8 Å². The summed E-state index contributed by atoms with van der Waals surface area (Å²) in [5, 5.41) is 9.07. The van der Waals surface area contributed by atoms with Crippen LogP contribution in [0.15, 0.2) is 24.3 Å². The highest BCUT2D eigenvalue weighted by Crippen LogP contribution is 2.27. The lowest BCUT2D eigenvalue weighted by atomic mass is 9.76. The third-order valence-corrected chi connectivity index (χ3v) is 3.95. The van der Waals surface area contributed by atoms with Gasteiger partial charge in [0.15, 0.2) is 12.3 Å². The van der Waals surface area contributed by atoms with Crippen LogP contribution in [0.4, 0.5) is 0 Å². The second kappa shape index (κ2) is 3.99. The predicted octanol–water partition coefficient (Wildman–Crippen LogP) is 0.0275. The molecule has 1 aliphatic carbocycles. The van der Waals surface area contributed by atoms with E-state index in [1.807, 2.05) is 0 Å². The number of aliphatic carboxylic acids is 1. The van der Waals surface area contributed by atoms with Crippen molar-refractivity contribution < 1.29 is 14.9 Å². The lowest BCUT2D eigenvalue weighted by Crippen LogP contribution is -2.80. The number of hydrogen-bond donors (Lipinski definition) is 2. The molecule has 0 aromatic heterocycles. The maximum Gasteiger partial charge on any atom is 0.312 e. The number of carbonyl (C=O) groups is 1. The largest absolute Gasteiger partial charge is 0.481 e. The normalized spacial score (nSPS) is 26.7. The fourth-order valence-electron chi connectivity index (χ4n) is 2.97. The first kappa shape index (κ1) is 10.5. The number of fused-ring (bicyclic) bond motifs is 2. The summed E-state index contributed by atoms with van der Waals surface area (Å²) in [6.07, 6.45) is 2.74. The Balaban J connectivity index is 1.88. The molecule has 2 aliphatic rings. The molecule has 88 valence electrons. The second-order valence-electron chi connectivity index (χ2n) is 5.02. The Morgan fingerprint density at radius 1 is 1.29 bits per heavy atom. The Kier molecular flexibility index (Phi) is 2.46. The first-order valence-corrected chi connectivity index (χ1v) is 6.13. The van der Waals surface area contributed by atoms with Crippen molar-refractivity contribution >= 4 is 11.7 Å². The summed E-state index contributed by atoms with van der Waals surface area (Å²) in [7, 11) is 0. The molecule has 1 aliphatic heterocycles. The zero-order valence-corrected chi connectivity index (χ0v) is 9.65. The molecule has 1 aromatic rings. The summed E-state index contributed by atoms with van der Waals surface area (Å²) in [6.45, 7) is 0.587. The molecule has 2 atom stereocenters. The standard InChI is InChI=1S/C14H15NO2/c16-14(17)12-6-11-5-9-3-1-2-4-10(9)7-13(11)15-8-12/h1-4,11-12H,5-8H2,(H,16,17)/p+1. The van der Waals surface area contributed by atoms with Crippen molar-refractivity contribution in [3.63, 3.8) is 0 Å². The Hall–Kier alpha value is -1.64. The number of carboxylic acid groups (broad SMARTS) is 1. The fraction of sp³-hybridized carbons (Fsp3) is 0.429. The van der Waals surface area contributed by atoms with Gasteiger partial charge in [-0.3, -0.25) is 4.79 Å². The molecule has 0 fully saturated rings. The maximum atomic E-state index is 11.0. The third-order valence-electron chi connectivity index (χ3n) is 3.95. The molecule has 2 unspecified atom stereocenters. The van der Waals surface area contributed by atoms with E-state index >= 15 is 0 Å². The Morgan fingerprint density at radius 2 is 2.06 bits per heavy atom. The smallest absolute Gasteiger partial charge is 0.312 e. The van der Waals surface area contributed by atoms with E-state index in [0.717, 1.165) is 19.3 Å². The van der Waals surface area contributed by atoms with E-state index in [1.165, 1.54) is 16.8 Å². The predicted molar refractivity (Wildman–Crippen MR) is 63.9 cm³/mol. The van der Waals surface area contributed by atoms with Crippen molar-refractivity contribution in [1.29, 1.82) is 0 Å². The topological polar surface area (TPSA) is 51.3 Å². The van der Waals surface area contributed by atoms with Gasteiger partial charge >= 0.3 is 5.97 Å². The minimum atomic E-state index is -0.671. The quantitative estimate of drug-likeness (QED) is 0.715. The van der Waals surface area contributed by atoms with Crippen LogP contribution in [0.25, 0.3) is 0 Å². The van der Waals surface area contributed by atoms with Gasteiger partial charge < -0.3 is 5.11 Å². The van der Waals surface area contributed by atoms with E-state index in [1.54, 1.807) is 0 Å². The van der Waals surface area contributed by atoms with Crippen LogP contribution in [0.2, 0.25) is 0 Å².